The first-order valence-electron chi connectivity index (χ1n) is 6.33. The average Bonchev–Trinajstić information content (AvgIpc) is 3.17. The number of anilines is 1. The van der Waals surface area contributed by atoms with Gasteiger partial charge in [-0.2, -0.15) is 0 Å². The summed E-state index contributed by atoms with van der Waals surface area (Å²) in [6, 6.07) is 15.4. The van der Waals surface area contributed by atoms with E-state index in [1.807, 2.05) is 11.8 Å². The second kappa shape index (κ2) is 4.69. The molecule has 3 rings (SSSR count). The first-order valence-corrected chi connectivity index (χ1v) is 7.15. The lowest BCUT2D eigenvalue weighted by molar-refractivity contribution is 1.25. The van der Waals surface area contributed by atoms with E-state index >= 15 is 0 Å². The van der Waals surface area contributed by atoms with Crippen molar-refractivity contribution in [3.8, 4) is 0 Å². The standard InChI is InChI=1S/C16H17NS/c1-12-7-8-15(13(2)11-12)18-16-6-4-3-5-14(16)17-9-10-17/h3-8,11H,9-10H2,1-2H3. The second-order valence-corrected chi connectivity index (χ2v) is 5.91. The van der Waals surface area contributed by atoms with Gasteiger partial charge in [-0.15, -0.1) is 0 Å². The minimum absolute atomic E-state index is 1.20. The molecule has 1 heterocycles. The third kappa shape index (κ3) is 2.39. The molecule has 18 heavy (non-hydrogen) atoms. The molecule has 0 atom stereocenters. The third-order valence-electron chi connectivity index (χ3n) is 3.20. The lowest BCUT2D eigenvalue weighted by Crippen LogP contribution is -1.93. The molecule has 0 spiro atoms. The van der Waals surface area contributed by atoms with Gasteiger partial charge in [-0.3, -0.25) is 0 Å². The van der Waals surface area contributed by atoms with Crippen molar-refractivity contribution in [3.63, 3.8) is 0 Å². The molecular weight excluding hydrogens is 238 g/mol. The minimum atomic E-state index is 1.20. The quantitative estimate of drug-likeness (QED) is 0.753. The van der Waals surface area contributed by atoms with Gasteiger partial charge in [-0.25, -0.2) is 0 Å². The molecular formula is C16H17NS. The Kier molecular flexibility index (Phi) is 3.04. The molecule has 1 fully saturated rings. The Morgan fingerprint density at radius 1 is 0.944 bits per heavy atom. The number of hydrogen-bond donors (Lipinski definition) is 0. The minimum Gasteiger partial charge on any atom is -0.367 e. The topological polar surface area (TPSA) is 3.01 Å². The maximum absolute atomic E-state index is 2.41. The number of aryl methyl sites for hydroxylation is 2. The number of benzene rings is 2. The lowest BCUT2D eigenvalue weighted by Gasteiger charge is -2.11. The zero-order valence-corrected chi connectivity index (χ0v) is 11.6. The molecule has 1 aliphatic rings. The van der Waals surface area contributed by atoms with Crippen molar-refractivity contribution in [1.82, 2.24) is 0 Å². The molecule has 1 saturated heterocycles. The van der Waals surface area contributed by atoms with Crippen molar-refractivity contribution < 1.29 is 0 Å². The first-order chi connectivity index (χ1) is 8.74. The van der Waals surface area contributed by atoms with Crippen LogP contribution in [0.2, 0.25) is 0 Å². The predicted octanol–water partition coefficient (Wildman–Crippen LogP) is 4.27. The summed E-state index contributed by atoms with van der Waals surface area (Å²) in [6.45, 7) is 6.73. The Balaban J connectivity index is 1.92. The van der Waals surface area contributed by atoms with Gasteiger partial charge in [0, 0.05) is 22.9 Å². The van der Waals surface area contributed by atoms with Crippen molar-refractivity contribution in [1.29, 1.82) is 0 Å². The van der Waals surface area contributed by atoms with E-state index in [1.54, 1.807) is 0 Å². The number of hydrogen-bond acceptors (Lipinski definition) is 2. The van der Waals surface area contributed by atoms with Gasteiger partial charge in [-0.05, 0) is 37.6 Å². The van der Waals surface area contributed by atoms with Gasteiger partial charge in [0.15, 0.2) is 0 Å². The summed E-state index contributed by atoms with van der Waals surface area (Å²) in [5, 5.41) is 0. The van der Waals surface area contributed by atoms with E-state index in [-0.39, 0.29) is 0 Å². The number of para-hydroxylation sites is 1. The fraction of sp³-hybridized carbons (Fsp3) is 0.250. The van der Waals surface area contributed by atoms with E-state index in [4.69, 9.17) is 0 Å². The van der Waals surface area contributed by atoms with Gasteiger partial charge >= 0.3 is 0 Å². The van der Waals surface area contributed by atoms with E-state index < -0.39 is 0 Å². The van der Waals surface area contributed by atoms with Crippen LogP contribution in [-0.2, 0) is 0 Å². The largest absolute Gasteiger partial charge is 0.367 e. The summed E-state index contributed by atoms with van der Waals surface area (Å²) in [6.07, 6.45) is 0. The maximum Gasteiger partial charge on any atom is 0.0509 e. The highest BCUT2D eigenvalue weighted by molar-refractivity contribution is 7.99. The molecule has 0 N–H and O–H groups in total. The van der Waals surface area contributed by atoms with Crippen LogP contribution in [0.15, 0.2) is 52.3 Å². The van der Waals surface area contributed by atoms with E-state index in [0.29, 0.717) is 0 Å². The van der Waals surface area contributed by atoms with Crippen molar-refractivity contribution in [2.45, 2.75) is 23.6 Å². The van der Waals surface area contributed by atoms with Gasteiger partial charge in [0.1, 0.15) is 0 Å². The highest BCUT2D eigenvalue weighted by Crippen LogP contribution is 2.38. The monoisotopic (exact) mass is 255 g/mol. The molecule has 0 aliphatic carbocycles. The fourth-order valence-corrected chi connectivity index (χ4v) is 3.17. The Hall–Kier alpha value is -1.41. The molecule has 2 aromatic carbocycles. The molecule has 92 valence electrons. The summed E-state index contributed by atoms with van der Waals surface area (Å²) < 4.78 is 0. The number of rotatable bonds is 3. The molecule has 0 unspecified atom stereocenters. The van der Waals surface area contributed by atoms with Crippen molar-refractivity contribution >= 4 is 17.4 Å². The predicted molar refractivity (Wildman–Crippen MR) is 78.7 cm³/mol. The van der Waals surface area contributed by atoms with Crippen molar-refractivity contribution in [2.75, 3.05) is 18.0 Å². The van der Waals surface area contributed by atoms with Gasteiger partial charge in [0.05, 0.1) is 5.69 Å². The van der Waals surface area contributed by atoms with E-state index in [0.717, 1.165) is 0 Å². The third-order valence-corrected chi connectivity index (χ3v) is 4.45. The van der Waals surface area contributed by atoms with Gasteiger partial charge in [-0.1, -0.05) is 41.6 Å². The molecule has 0 bridgehead atoms. The van der Waals surface area contributed by atoms with Crippen LogP contribution in [0.3, 0.4) is 0 Å². The average molecular weight is 255 g/mol. The highest BCUT2D eigenvalue weighted by atomic mass is 32.2. The molecule has 2 heteroatoms. The SMILES string of the molecule is Cc1ccc(Sc2ccccc2N2CC2)c(C)c1. The smallest absolute Gasteiger partial charge is 0.0509 e. The Morgan fingerprint density at radius 3 is 2.44 bits per heavy atom. The van der Waals surface area contributed by atoms with Gasteiger partial charge < -0.3 is 4.90 Å². The molecule has 0 aromatic heterocycles. The van der Waals surface area contributed by atoms with Crippen molar-refractivity contribution in [3.05, 3.63) is 53.6 Å². The molecule has 2 aromatic rings. The van der Waals surface area contributed by atoms with Crippen LogP contribution < -0.4 is 4.90 Å². The van der Waals surface area contributed by atoms with Gasteiger partial charge in [0.25, 0.3) is 0 Å². The van der Waals surface area contributed by atoms with Crippen LogP contribution in [-0.4, -0.2) is 13.1 Å². The molecule has 1 nitrogen and oxygen atoms in total. The van der Waals surface area contributed by atoms with Gasteiger partial charge in [0.2, 0.25) is 0 Å². The second-order valence-electron chi connectivity index (χ2n) is 4.83. The highest BCUT2D eigenvalue weighted by Gasteiger charge is 2.21. The van der Waals surface area contributed by atoms with Crippen LogP contribution >= 0.6 is 11.8 Å². The van der Waals surface area contributed by atoms with Crippen LogP contribution in [0.4, 0.5) is 5.69 Å². The first kappa shape index (κ1) is 11.7. The summed E-state index contributed by atoms with van der Waals surface area (Å²) >= 11 is 1.88. The van der Waals surface area contributed by atoms with Crippen LogP contribution in [0, 0.1) is 13.8 Å². The van der Waals surface area contributed by atoms with E-state index in [9.17, 15) is 0 Å². The lowest BCUT2D eigenvalue weighted by atomic mass is 10.2. The summed E-state index contributed by atoms with van der Waals surface area (Å²) in [4.78, 5) is 5.13. The van der Waals surface area contributed by atoms with Crippen LogP contribution in [0.25, 0.3) is 0 Å². The Bertz CT molecular complexity index is 573. The normalized spacial score (nSPS) is 13.8. The summed E-state index contributed by atoms with van der Waals surface area (Å²) in [7, 11) is 0. The van der Waals surface area contributed by atoms with Crippen molar-refractivity contribution in [2.24, 2.45) is 0 Å². The Morgan fingerprint density at radius 2 is 1.72 bits per heavy atom. The summed E-state index contributed by atoms with van der Waals surface area (Å²) in [5.74, 6) is 0. The molecule has 0 radical (unpaired) electrons. The molecule has 0 saturated carbocycles. The molecule has 1 aliphatic heterocycles. The summed E-state index contributed by atoms with van der Waals surface area (Å²) in [5.41, 5.74) is 4.07. The van der Waals surface area contributed by atoms with Crippen LogP contribution in [0.1, 0.15) is 11.1 Å². The molecule has 0 amide bonds. The zero-order valence-electron chi connectivity index (χ0n) is 10.8. The zero-order chi connectivity index (χ0) is 12.5. The van der Waals surface area contributed by atoms with E-state index in [1.165, 1.54) is 39.7 Å². The van der Waals surface area contributed by atoms with Crippen LogP contribution in [0.5, 0.6) is 0 Å². The Labute approximate surface area is 113 Å². The van der Waals surface area contributed by atoms with E-state index in [2.05, 4.69) is 61.2 Å². The fourth-order valence-electron chi connectivity index (χ4n) is 2.13. The number of nitrogens with zero attached hydrogens (tertiary/aromatic N) is 1. The maximum atomic E-state index is 2.41.